The third-order valence-corrected chi connectivity index (χ3v) is 9.20. The van der Waals surface area contributed by atoms with Crippen LogP contribution < -0.4 is 10.6 Å². The predicted octanol–water partition coefficient (Wildman–Crippen LogP) is 6.02. The van der Waals surface area contributed by atoms with Gasteiger partial charge in [-0.3, -0.25) is 4.79 Å². The van der Waals surface area contributed by atoms with Crippen LogP contribution in [0, 0.1) is 17.0 Å². The molecule has 4 unspecified atom stereocenters. The Bertz CT molecular complexity index is 1280. The maximum Gasteiger partial charge on any atom is 0.238 e. The standard InChI is InChI=1S/C29H34Cl2F2N2O3S/c1-27(2,3)13-22-29(14-36,17-9-20(32)19(31)10-21(17)39-5)23(16-7-6-8-18(30)24(16)33)25(35-22)26(37)34-15-11-28(4,38)12-15/h6-10,14-15,22-23,25,35,38H,11-13H2,1-5H3,(H,34,37). The lowest BCUT2D eigenvalue weighted by Gasteiger charge is -2.42. The zero-order valence-corrected chi connectivity index (χ0v) is 24.9. The van der Waals surface area contributed by atoms with E-state index >= 15 is 8.78 Å². The van der Waals surface area contributed by atoms with Crippen molar-refractivity contribution in [3.05, 3.63) is 63.1 Å². The highest BCUT2D eigenvalue weighted by Crippen LogP contribution is 2.53. The first kappa shape index (κ1) is 30.3. The Kier molecular flexibility index (Phi) is 8.48. The van der Waals surface area contributed by atoms with Crippen molar-refractivity contribution < 1.29 is 23.5 Å². The van der Waals surface area contributed by atoms with Crippen LogP contribution in [0.15, 0.2) is 35.2 Å². The molecule has 1 heterocycles. The van der Waals surface area contributed by atoms with Crippen LogP contribution >= 0.6 is 35.0 Å². The molecule has 3 N–H and O–H groups in total. The summed E-state index contributed by atoms with van der Waals surface area (Å²) in [5, 5.41) is 16.3. The van der Waals surface area contributed by atoms with E-state index in [2.05, 4.69) is 10.6 Å². The third-order valence-electron chi connectivity index (χ3n) is 7.84. The number of rotatable bonds is 7. The molecule has 0 spiro atoms. The van der Waals surface area contributed by atoms with Crippen LogP contribution in [0.5, 0.6) is 0 Å². The van der Waals surface area contributed by atoms with Gasteiger partial charge in [-0.15, -0.1) is 11.8 Å². The molecule has 0 radical (unpaired) electrons. The highest BCUT2D eigenvalue weighted by molar-refractivity contribution is 7.98. The van der Waals surface area contributed by atoms with Crippen LogP contribution in [0.2, 0.25) is 10.0 Å². The summed E-state index contributed by atoms with van der Waals surface area (Å²) in [4.78, 5) is 27.9. The lowest BCUT2D eigenvalue weighted by atomic mass is 9.62. The molecular weight excluding hydrogens is 565 g/mol. The second-order valence-corrected chi connectivity index (χ2v) is 13.9. The van der Waals surface area contributed by atoms with Crippen LogP contribution in [0.3, 0.4) is 0 Å². The Hall–Kier alpha value is -1.71. The largest absolute Gasteiger partial charge is 0.390 e. The number of amides is 1. The second-order valence-electron chi connectivity index (χ2n) is 12.2. The summed E-state index contributed by atoms with van der Waals surface area (Å²) in [6.45, 7) is 7.70. The van der Waals surface area contributed by atoms with Gasteiger partial charge in [0.2, 0.25) is 5.91 Å². The summed E-state index contributed by atoms with van der Waals surface area (Å²) in [5.74, 6) is -2.94. The van der Waals surface area contributed by atoms with Crippen LogP contribution in [-0.4, -0.2) is 47.3 Å². The molecule has 5 nitrogen and oxygen atoms in total. The average Bonchev–Trinajstić information content (AvgIpc) is 3.14. The number of thioether (sulfide) groups is 1. The molecule has 1 saturated heterocycles. The summed E-state index contributed by atoms with van der Waals surface area (Å²) in [6, 6.07) is 5.22. The minimum atomic E-state index is -1.55. The zero-order chi connectivity index (χ0) is 28.9. The van der Waals surface area contributed by atoms with Gasteiger partial charge in [0, 0.05) is 22.9 Å². The maximum atomic E-state index is 15.8. The van der Waals surface area contributed by atoms with Crippen molar-refractivity contribution in [2.24, 2.45) is 5.41 Å². The summed E-state index contributed by atoms with van der Waals surface area (Å²) in [6.07, 6.45) is 3.69. The van der Waals surface area contributed by atoms with Gasteiger partial charge >= 0.3 is 0 Å². The van der Waals surface area contributed by atoms with Gasteiger partial charge in [-0.2, -0.15) is 0 Å². The van der Waals surface area contributed by atoms with E-state index in [0.29, 0.717) is 29.7 Å². The minimum Gasteiger partial charge on any atom is -0.390 e. The van der Waals surface area contributed by atoms with Crippen LogP contribution in [-0.2, 0) is 15.0 Å². The van der Waals surface area contributed by atoms with Gasteiger partial charge in [0.15, 0.2) is 0 Å². The fraction of sp³-hybridized carbons (Fsp3) is 0.517. The molecule has 1 amide bonds. The highest BCUT2D eigenvalue weighted by Gasteiger charge is 2.61. The van der Waals surface area contributed by atoms with E-state index in [9.17, 15) is 14.7 Å². The molecule has 1 aliphatic heterocycles. The van der Waals surface area contributed by atoms with E-state index in [-0.39, 0.29) is 27.1 Å². The second kappa shape index (κ2) is 10.9. The van der Waals surface area contributed by atoms with Gasteiger partial charge < -0.3 is 20.5 Å². The predicted molar refractivity (Wildman–Crippen MR) is 152 cm³/mol. The number of aliphatic hydroxyl groups is 1. The van der Waals surface area contributed by atoms with E-state index < -0.39 is 46.6 Å². The van der Waals surface area contributed by atoms with Gasteiger partial charge in [-0.05, 0) is 67.2 Å². The Labute approximate surface area is 242 Å². The fourth-order valence-corrected chi connectivity index (χ4v) is 7.31. The van der Waals surface area contributed by atoms with E-state index in [0.717, 1.165) is 6.29 Å². The molecule has 212 valence electrons. The molecule has 2 aromatic carbocycles. The van der Waals surface area contributed by atoms with Gasteiger partial charge in [0.05, 0.1) is 27.1 Å². The molecule has 0 bridgehead atoms. The molecule has 1 aliphatic carbocycles. The monoisotopic (exact) mass is 598 g/mol. The average molecular weight is 600 g/mol. The molecule has 0 aromatic heterocycles. The maximum absolute atomic E-state index is 15.8. The van der Waals surface area contributed by atoms with E-state index in [1.54, 1.807) is 19.2 Å². The van der Waals surface area contributed by atoms with Crippen molar-refractivity contribution in [1.82, 2.24) is 10.6 Å². The number of nitrogens with one attached hydrogen (secondary N) is 2. The molecular formula is C29H34Cl2F2N2O3S. The summed E-state index contributed by atoms with van der Waals surface area (Å²) in [5.41, 5.74) is -2.31. The molecule has 39 heavy (non-hydrogen) atoms. The summed E-state index contributed by atoms with van der Waals surface area (Å²) >= 11 is 13.6. The van der Waals surface area contributed by atoms with Gasteiger partial charge in [0.1, 0.15) is 17.9 Å². The Morgan fingerprint density at radius 2 is 1.90 bits per heavy atom. The molecule has 2 aromatic rings. The number of halogens is 4. The highest BCUT2D eigenvalue weighted by atomic mass is 35.5. The quantitative estimate of drug-likeness (QED) is 0.268. The zero-order valence-electron chi connectivity index (χ0n) is 22.6. The number of benzene rings is 2. The molecule has 4 atom stereocenters. The van der Waals surface area contributed by atoms with Crippen molar-refractivity contribution in [2.45, 2.75) is 86.9 Å². The molecule has 1 saturated carbocycles. The Morgan fingerprint density at radius 3 is 2.46 bits per heavy atom. The van der Waals surface area contributed by atoms with Crippen molar-refractivity contribution in [3.8, 4) is 0 Å². The third kappa shape index (κ3) is 5.73. The number of aldehydes is 1. The number of carbonyl (C=O) groups excluding carboxylic acids is 2. The Balaban J connectivity index is 1.96. The molecule has 4 rings (SSSR count). The number of carbonyl (C=O) groups is 2. The van der Waals surface area contributed by atoms with E-state index in [4.69, 9.17) is 23.2 Å². The summed E-state index contributed by atoms with van der Waals surface area (Å²) < 4.78 is 30.8. The van der Waals surface area contributed by atoms with Crippen molar-refractivity contribution in [1.29, 1.82) is 0 Å². The SMILES string of the molecule is CSc1cc(Cl)c(F)cc1C1(C=O)C(CC(C)(C)C)NC(C(=O)NC2CC(C)(O)C2)C1c1cccc(Cl)c1F. The van der Waals surface area contributed by atoms with Crippen molar-refractivity contribution in [3.63, 3.8) is 0 Å². The van der Waals surface area contributed by atoms with Crippen LogP contribution in [0.4, 0.5) is 8.78 Å². The van der Waals surface area contributed by atoms with Crippen molar-refractivity contribution >= 4 is 47.2 Å². The number of hydrogen-bond donors (Lipinski definition) is 3. The molecule has 10 heteroatoms. The lowest BCUT2D eigenvalue weighted by molar-refractivity contribution is -0.127. The van der Waals surface area contributed by atoms with Gasteiger partial charge in [0.25, 0.3) is 0 Å². The first-order valence-electron chi connectivity index (χ1n) is 12.9. The van der Waals surface area contributed by atoms with E-state index in [1.165, 1.54) is 36.0 Å². The normalized spacial score (nSPS) is 30.6. The van der Waals surface area contributed by atoms with Crippen LogP contribution in [0.25, 0.3) is 0 Å². The topological polar surface area (TPSA) is 78.4 Å². The van der Waals surface area contributed by atoms with E-state index in [1.807, 2.05) is 20.8 Å². The molecule has 2 aliphatic rings. The minimum absolute atomic E-state index is 0.0849. The molecule has 2 fully saturated rings. The first-order chi connectivity index (χ1) is 18.1. The first-order valence-corrected chi connectivity index (χ1v) is 14.8. The van der Waals surface area contributed by atoms with Gasteiger partial charge in [-0.25, -0.2) is 8.78 Å². The Morgan fingerprint density at radius 1 is 1.23 bits per heavy atom. The van der Waals surface area contributed by atoms with Crippen molar-refractivity contribution in [2.75, 3.05) is 6.26 Å². The van der Waals surface area contributed by atoms with Crippen LogP contribution in [0.1, 0.15) is 64.0 Å². The smallest absolute Gasteiger partial charge is 0.238 e. The number of hydrogen-bond acceptors (Lipinski definition) is 5. The van der Waals surface area contributed by atoms with Gasteiger partial charge in [-0.1, -0.05) is 56.1 Å². The fourth-order valence-electron chi connectivity index (χ4n) is 6.21. The lowest BCUT2D eigenvalue weighted by Crippen LogP contribution is -2.57. The summed E-state index contributed by atoms with van der Waals surface area (Å²) in [7, 11) is 0.